The van der Waals surface area contributed by atoms with Crippen molar-refractivity contribution in [1.29, 1.82) is 0 Å². The first-order valence-electron chi connectivity index (χ1n) is 5.36. The lowest BCUT2D eigenvalue weighted by Gasteiger charge is -2.23. The highest BCUT2D eigenvalue weighted by atomic mass is 32.2. The molecule has 0 spiro atoms. The second-order valence-corrected chi connectivity index (χ2v) is 5.19. The average molecular weight is 225 g/mol. The van der Waals surface area contributed by atoms with Crippen LogP contribution in [-0.2, 0) is 0 Å². The molecule has 0 radical (unpaired) electrons. The van der Waals surface area contributed by atoms with E-state index in [9.17, 15) is 4.39 Å². The van der Waals surface area contributed by atoms with Gasteiger partial charge in [-0.05, 0) is 43.2 Å². The zero-order chi connectivity index (χ0) is 10.7. The maximum absolute atomic E-state index is 13.5. The molecule has 1 aromatic carbocycles. The Bertz CT molecular complexity index is 334. The van der Waals surface area contributed by atoms with Crippen molar-refractivity contribution in [2.45, 2.75) is 25.8 Å². The van der Waals surface area contributed by atoms with Gasteiger partial charge >= 0.3 is 0 Å². The topological polar surface area (TPSA) is 12.0 Å². The molecule has 1 fully saturated rings. The molecule has 1 heterocycles. The SMILES string of the molecule is Cc1ccc(F)c(N[C@H]2CCCSC2)c1. The smallest absolute Gasteiger partial charge is 0.146 e. The van der Waals surface area contributed by atoms with Crippen LogP contribution in [0.5, 0.6) is 0 Å². The second-order valence-electron chi connectivity index (χ2n) is 4.04. The van der Waals surface area contributed by atoms with E-state index < -0.39 is 0 Å². The zero-order valence-electron chi connectivity index (χ0n) is 8.92. The van der Waals surface area contributed by atoms with E-state index >= 15 is 0 Å². The fraction of sp³-hybridized carbons (Fsp3) is 0.500. The lowest BCUT2D eigenvalue weighted by Crippen LogP contribution is -2.26. The third-order valence-electron chi connectivity index (χ3n) is 2.64. The number of rotatable bonds is 2. The first-order chi connectivity index (χ1) is 7.25. The van der Waals surface area contributed by atoms with Gasteiger partial charge in [0.2, 0.25) is 0 Å². The average Bonchev–Trinajstić information content (AvgIpc) is 2.25. The van der Waals surface area contributed by atoms with Crippen LogP contribution in [0.3, 0.4) is 0 Å². The Morgan fingerprint density at radius 1 is 1.47 bits per heavy atom. The van der Waals surface area contributed by atoms with E-state index in [0.29, 0.717) is 11.7 Å². The van der Waals surface area contributed by atoms with E-state index in [2.05, 4.69) is 5.32 Å². The first-order valence-corrected chi connectivity index (χ1v) is 6.51. The minimum Gasteiger partial charge on any atom is -0.379 e. The molecule has 0 bridgehead atoms. The number of nitrogens with one attached hydrogen (secondary N) is 1. The molecule has 1 N–H and O–H groups in total. The predicted octanol–water partition coefficient (Wildman–Crippen LogP) is 3.44. The monoisotopic (exact) mass is 225 g/mol. The van der Waals surface area contributed by atoms with Crippen molar-refractivity contribution in [1.82, 2.24) is 0 Å². The molecular weight excluding hydrogens is 209 g/mol. The van der Waals surface area contributed by atoms with Crippen LogP contribution in [0, 0.1) is 12.7 Å². The highest BCUT2D eigenvalue weighted by molar-refractivity contribution is 7.99. The molecule has 0 amide bonds. The summed E-state index contributed by atoms with van der Waals surface area (Å²) in [5.41, 5.74) is 1.75. The molecule has 0 unspecified atom stereocenters. The van der Waals surface area contributed by atoms with Gasteiger partial charge in [0.1, 0.15) is 5.82 Å². The summed E-state index contributed by atoms with van der Waals surface area (Å²) in [4.78, 5) is 0. The summed E-state index contributed by atoms with van der Waals surface area (Å²) in [6, 6.07) is 5.65. The van der Waals surface area contributed by atoms with Gasteiger partial charge in [-0.3, -0.25) is 0 Å². The molecule has 1 nitrogen and oxygen atoms in total. The van der Waals surface area contributed by atoms with Gasteiger partial charge in [-0.25, -0.2) is 4.39 Å². The molecule has 0 aromatic heterocycles. The minimum atomic E-state index is -0.142. The van der Waals surface area contributed by atoms with Crippen molar-refractivity contribution in [3.05, 3.63) is 29.6 Å². The number of anilines is 1. The largest absolute Gasteiger partial charge is 0.379 e. The van der Waals surface area contributed by atoms with Gasteiger partial charge in [-0.2, -0.15) is 11.8 Å². The van der Waals surface area contributed by atoms with Gasteiger partial charge in [-0.1, -0.05) is 6.07 Å². The van der Waals surface area contributed by atoms with Gasteiger partial charge in [-0.15, -0.1) is 0 Å². The zero-order valence-corrected chi connectivity index (χ0v) is 9.74. The third-order valence-corrected chi connectivity index (χ3v) is 3.86. The minimum absolute atomic E-state index is 0.142. The molecule has 0 saturated carbocycles. The Hall–Kier alpha value is -0.700. The summed E-state index contributed by atoms with van der Waals surface area (Å²) in [5, 5.41) is 3.29. The summed E-state index contributed by atoms with van der Waals surface area (Å²) in [6.07, 6.45) is 2.39. The van der Waals surface area contributed by atoms with Crippen molar-refractivity contribution in [2.75, 3.05) is 16.8 Å². The van der Waals surface area contributed by atoms with Crippen LogP contribution >= 0.6 is 11.8 Å². The fourth-order valence-electron chi connectivity index (χ4n) is 1.82. The first kappa shape index (κ1) is 10.8. The van der Waals surface area contributed by atoms with Gasteiger partial charge in [0.25, 0.3) is 0 Å². The van der Waals surface area contributed by atoms with Crippen LogP contribution in [0.15, 0.2) is 18.2 Å². The van der Waals surface area contributed by atoms with Crippen molar-refractivity contribution in [2.24, 2.45) is 0 Å². The lowest BCUT2D eigenvalue weighted by molar-refractivity contribution is 0.619. The van der Waals surface area contributed by atoms with Crippen molar-refractivity contribution >= 4 is 17.4 Å². The molecule has 1 aromatic rings. The van der Waals surface area contributed by atoms with E-state index in [0.717, 1.165) is 17.7 Å². The molecule has 1 atom stereocenters. The highest BCUT2D eigenvalue weighted by Crippen LogP contribution is 2.23. The number of hydrogen-bond acceptors (Lipinski definition) is 2. The van der Waals surface area contributed by atoms with E-state index in [1.165, 1.54) is 18.2 Å². The quantitative estimate of drug-likeness (QED) is 0.827. The van der Waals surface area contributed by atoms with Crippen molar-refractivity contribution in [3.63, 3.8) is 0 Å². The molecule has 3 heteroatoms. The van der Waals surface area contributed by atoms with Gasteiger partial charge < -0.3 is 5.32 Å². The van der Waals surface area contributed by atoms with E-state index in [4.69, 9.17) is 0 Å². The fourth-order valence-corrected chi connectivity index (χ4v) is 2.90. The highest BCUT2D eigenvalue weighted by Gasteiger charge is 2.14. The maximum atomic E-state index is 13.5. The standard InChI is InChI=1S/C12H16FNS/c1-9-4-5-11(13)12(7-9)14-10-3-2-6-15-8-10/h4-5,7,10,14H,2-3,6,8H2,1H3/t10-/m0/s1. The Labute approximate surface area is 94.5 Å². The Kier molecular flexibility index (Phi) is 3.52. The van der Waals surface area contributed by atoms with Crippen LogP contribution in [0.2, 0.25) is 0 Å². The van der Waals surface area contributed by atoms with Crippen LogP contribution in [-0.4, -0.2) is 17.5 Å². The normalized spacial score (nSPS) is 21.3. The molecule has 82 valence electrons. The second kappa shape index (κ2) is 4.88. The third kappa shape index (κ3) is 2.88. The molecule has 2 rings (SSSR count). The van der Waals surface area contributed by atoms with Crippen LogP contribution in [0.25, 0.3) is 0 Å². The summed E-state index contributed by atoms with van der Waals surface area (Å²) >= 11 is 1.95. The lowest BCUT2D eigenvalue weighted by atomic mass is 10.1. The predicted molar refractivity (Wildman–Crippen MR) is 65.1 cm³/mol. The van der Waals surface area contributed by atoms with E-state index in [1.54, 1.807) is 6.07 Å². The molecule has 1 aliphatic heterocycles. The Balaban J connectivity index is 2.05. The molecule has 15 heavy (non-hydrogen) atoms. The van der Waals surface area contributed by atoms with Gasteiger partial charge in [0.15, 0.2) is 0 Å². The number of halogens is 1. The Morgan fingerprint density at radius 2 is 2.33 bits per heavy atom. The number of aryl methyl sites for hydroxylation is 1. The maximum Gasteiger partial charge on any atom is 0.146 e. The number of hydrogen-bond donors (Lipinski definition) is 1. The summed E-state index contributed by atoms with van der Waals surface area (Å²) in [6.45, 7) is 1.99. The van der Waals surface area contributed by atoms with E-state index in [1.807, 2.05) is 24.8 Å². The summed E-state index contributed by atoms with van der Waals surface area (Å²) < 4.78 is 13.5. The van der Waals surface area contributed by atoms with Crippen molar-refractivity contribution < 1.29 is 4.39 Å². The molecular formula is C12H16FNS. The van der Waals surface area contributed by atoms with Gasteiger partial charge in [0.05, 0.1) is 5.69 Å². The summed E-state index contributed by atoms with van der Waals surface area (Å²) in [5.74, 6) is 2.19. The van der Waals surface area contributed by atoms with Gasteiger partial charge in [0, 0.05) is 11.8 Å². The number of benzene rings is 1. The molecule has 1 aliphatic rings. The van der Waals surface area contributed by atoms with Crippen LogP contribution in [0.4, 0.5) is 10.1 Å². The van der Waals surface area contributed by atoms with Crippen LogP contribution < -0.4 is 5.32 Å². The molecule has 0 aliphatic carbocycles. The Morgan fingerprint density at radius 3 is 3.07 bits per heavy atom. The van der Waals surface area contributed by atoms with E-state index in [-0.39, 0.29) is 5.82 Å². The van der Waals surface area contributed by atoms with Crippen LogP contribution in [0.1, 0.15) is 18.4 Å². The summed E-state index contributed by atoms with van der Waals surface area (Å²) in [7, 11) is 0. The number of thioether (sulfide) groups is 1. The van der Waals surface area contributed by atoms with Crippen molar-refractivity contribution in [3.8, 4) is 0 Å². The molecule has 1 saturated heterocycles.